The lowest BCUT2D eigenvalue weighted by Crippen LogP contribution is -2.26. The minimum absolute atomic E-state index is 0.0953. The molecule has 0 aromatic carbocycles. The molecule has 1 N–H and O–H groups in total. The van der Waals surface area contributed by atoms with Gasteiger partial charge in [0.1, 0.15) is 5.76 Å². The van der Waals surface area contributed by atoms with Gasteiger partial charge >= 0.3 is 0 Å². The molecule has 8 nitrogen and oxygen atoms in total. The zero-order valence-corrected chi connectivity index (χ0v) is 14.0. The van der Waals surface area contributed by atoms with Gasteiger partial charge in [-0.05, 0) is 36.6 Å². The van der Waals surface area contributed by atoms with Crippen LogP contribution in [0.2, 0.25) is 0 Å². The molecule has 1 aliphatic rings. The highest BCUT2D eigenvalue weighted by Gasteiger charge is 2.30. The van der Waals surface area contributed by atoms with E-state index < -0.39 is 0 Å². The number of nitrogens with zero attached hydrogens (tertiary/aromatic N) is 5. The predicted octanol–water partition coefficient (Wildman–Crippen LogP) is 2.59. The molecule has 1 aliphatic carbocycles. The van der Waals surface area contributed by atoms with Crippen LogP contribution in [0, 0.1) is 6.92 Å². The first kappa shape index (κ1) is 16.0. The fraction of sp³-hybridized carbons (Fsp3) is 0.643. The number of anilines is 1. The summed E-state index contributed by atoms with van der Waals surface area (Å²) in [5.74, 6) is 1.01. The SMILES string of the molecule is CCCCC(Sc1nnnn1C1CC1)C(=O)Nc1cc(C)on1. The van der Waals surface area contributed by atoms with Gasteiger partial charge in [0.05, 0.1) is 11.3 Å². The smallest absolute Gasteiger partial charge is 0.239 e. The van der Waals surface area contributed by atoms with Gasteiger partial charge in [-0.25, -0.2) is 4.68 Å². The maximum Gasteiger partial charge on any atom is 0.239 e. The molecule has 0 radical (unpaired) electrons. The van der Waals surface area contributed by atoms with Gasteiger partial charge in [0.25, 0.3) is 0 Å². The van der Waals surface area contributed by atoms with Crippen molar-refractivity contribution in [3.8, 4) is 0 Å². The highest BCUT2D eigenvalue weighted by atomic mass is 32.2. The number of amides is 1. The molecule has 2 aromatic heterocycles. The normalized spacial score (nSPS) is 15.6. The quantitative estimate of drug-likeness (QED) is 0.740. The summed E-state index contributed by atoms with van der Waals surface area (Å²) in [6, 6.07) is 2.09. The number of aromatic nitrogens is 5. The fourth-order valence-electron chi connectivity index (χ4n) is 2.20. The number of hydrogen-bond donors (Lipinski definition) is 1. The molecule has 2 aromatic rings. The van der Waals surface area contributed by atoms with Crippen LogP contribution in [-0.4, -0.2) is 36.5 Å². The fourth-order valence-corrected chi connectivity index (χ4v) is 3.29. The Morgan fingerprint density at radius 2 is 2.39 bits per heavy atom. The van der Waals surface area contributed by atoms with Gasteiger partial charge in [0.15, 0.2) is 5.82 Å². The molecule has 1 atom stereocenters. The van der Waals surface area contributed by atoms with Crippen molar-refractivity contribution in [3.63, 3.8) is 0 Å². The van der Waals surface area contributed by atoms with Crippen LogP contribution >= 0.6 is 11.8 Å². The van der Waals surface area contributed by atoms with Gasteiger partial charge in [0, 0.05) is 6.07 Å². The van der Waals surface area contributed by atoms with Crippen molar-refractivity contribution in [1.82, 2.24) is 25.4 Å². The molecule has 23 heavy (non-hydrogen) atoms. The first-order chi connectivity index (χ1) is 11.2. The zero-order chi connectivity index (χ0) is 16.2. The Balaban J connectivity index is 1.68. The van der Waals surface area contributed by atoms with Crippen molar-refractivity contribution in [2.24, 2.45) is 0 Å². The topological polar surface area (TPSA) is 98.7 Å². The highest BCUT2D eigenvalue weighted by molar-refractivity contribution is 8.00. The molecule has 1 amide bonds. The summed E-state index contributed by atoms with van der Waals surface area (Å²) in [5, 5.41) is 18.9. The number of hydrogen-bond acceptors (Lipinski definition) is 7. The predicted molar refractivity (Wildman–Crippen MR) is 85.1 cm³/mol. The first-order valence-corrected chi connectivity index (χ1v) is 8.74. The molecule has 1 saturated carbocycles. The molecule has 0 spiro atoms. The third-order valence-electron chi connectivity index (χ3n) is 3.59. The van der Waals surface area contributed by atoms with Gasteiger partial charge in [-0.2, -0.15) is 0 Å². The Bertz CT molecular complexity index is 666. The summed E-state index contributed by atoms with van der Waals surface area (Å²) in [5.41, 5.74) is 0. The van der Waals surface area contributed by atoms with Crippen LogP contribution in [0.4, 0.5) is 5.82 Å². The van der Waals surface area contributed by atoms with E-state index in [0.717, 1.165) is 32.1 Å². The van der Waals surface area contributed by atoms with Crippen molar-refractivity contribution in [1.29, 1.82) is 0 Å². The lowest BCUT2D eigenvalue weighted by Gasteiger charge is -2.14. The highest BCUT2D eigenvalue weighted by Crippen LogP contribution is 2.37. The summed E-state index contributed by atoms with van der Waals surface area (Å²) in [7, 11) is 0. The van der Waals surface area contributed by atoms with Crippen molar-refractivity contribution in [3.05, 3.63) is 11.8 Å². The van der Waals surface area contributed by atoms with Crippen LogP contribution in [0.3, 0.4) is 0 Å². The number of carbonyl (C=O) groups excluding carboxylic acids is 1. The van der Waals surface area contributed by atoms with E-state index in [-0.39, 0.29) is 11.2 Å². The molecule has 0 bridgehead atoms. The maximum absolute atomic E-state index is 12.6. The monoisotopic (exact) mass is 336 g/mol. The Hall–Kier alpha value is -1.90. The Labute approximate surface area is 138 Å². The average Bonchev–Trinajstić information content (AvgIpc) is 3.14. The van der Waals surface area contributed by atoms with E-state index >= 15 is 0 Å². The minimum Gasteiger partial charge on any atom is -0.360 e. The third kappa shape index (κ3) is 4.10. The zero-order valence-electron chi connectivity index (χ0n) is 13.2. The van der Waals surface area contributed by atoms with Crippen LogP contribution in [-0.2, 0) is 4.79 Å². The van der Waals surface area contributed by atoms with Gasteiger partial charge in [-0.1, -0.05) is 36.7 Å². The van der Waals surface area contributed by atoms with Crippen LogP contribution < -0.4 is 5.32 Å². The van der Waals surface area contributed by atoms with E-state index in [2.05, 4.69) is 32.9 Å². The van der Waals surface area contributed by atoms with Crippen LogP contribution in [0.1, 0.15) is 50.8 Å². The third-order valence-corrected chi connectivity index (χ3v) is 4.81. The van der Waals surface area contributed by atoms with Gasteiger partial charge < -0.3 is 9.84 Å². The summed E-state index contributed by atoms with van der Waals surface area (Å²) in [6.07, 6.45) is 4.96. The molecule has 0 aliphatic heterocycles. The summed E-state index contributed by atoms with van der Waals surface area (Å²) in [6.45, 7) is 3.89. The van der Waals surface area contributed by atoms with E-state index in [4.69, 9.17) is 4.52 Å². The number of unbranched alkanes of at least 4 members (excludes halogenated alkanes) is 1. The number of aryl methyl sites for hydroxylation is 1. The number of thioether (sulfide) groups is 1. The molecule has 3 rings (SSSR count). The molecule has 0 saturated heterocycles. The van der Waals surface area contributed by atoms with E-state index in [0.29, 0.717) is 22.8 Å². The Morgan fingerprint density at radius 1 is 1.57 bits per heavy atom. The standard InChI is InChI=1S/C14H20N6O2S/c1-3-4-5-11(13(21)15-12-8-9(2)22-17-12)23-14-16-18-19-20(14)10-6-7-10/h8,10-11H,3-7H2,1-2H3,(H,15,17,21). The number of carbonyl (C=O) groups is 1. The summed E-state index contributed by atoms with van der Waals surface area (Å²) >= 11 is 1.42. The van der Waals surface area contributed by atoms with Gasteiger partial charge in [-0.3, -0.25) is 4.79 Å². The first-order valence-electron chi connectivity index (χ1n) is 7.86. The average molecular weight is 336 g/mol. The van der Waals surface area contributed by atoms with Crippen molar-refractivity contribution < 1.29 is 9.32 Å². The molecule has 2 heterocycles. The van der Waals surface area contributed by atoms with Gasteiger partial charge in [0.2, 0.25) is 11.1 Å². The molecular weight excluding hydrogens is 316 g/mol. The Kier molecular flexibility index (Phi) is 4.94. The van der Waals surface area contributed by atoms with Crippen molar-refractivity contribution >= 4 is 23.5 Å². The molecule has 124 valence electrons. The second kappa shape index (κ2) is 7.12. The molecule has 9 heteroatoms. The number of rotatable bonds is 8. The number of tetrazole rings is 1. The van der Waals surface area contributed by atoms with E-state index in [1.807, 2.05) is 4.68 Å². The van der Waals surface area contributed by atoms with Gasteiger partial charge in [-0.15, -0.1) is 5.10 Å². The van der Waals surface area contributed by atoms with E-state index in [1.54, 1.807) is 13.0 Å². The van der Waals surface area contributed by atoms with Crippen molar-refractivity contribution in [2.75, 3.05) is 5.32 Å². The molecular formula is C14H20N6O2S. The minimum atomic E-state index is -0.254. The number of nitrogens with one attached hydrogen (secondary N) is 1. The maximum atomic E-state index is 12.6. The van der Waals surface area contributed by atoms with E-state index in [1.165, 1.54) is 11.8 Å². The summed E-state index contributed by atoms with van der Waals surface area (Å²) in [4.78, 5) is 12.6. The lowest BCUT2D eigenvalue weighted by atomic mass is 10.2. The van der Waals surface area contributed by atoms with Crippen molar-refractivity contribution in [2.45, 2.75) is 62.4 Å². The Morgan fingerprint density at radius 3 is 3.04 bits per heavy atom. The largest absolute Gasteiger partial charge is 0.360 e. The molecule has 1 fully saturated rings. The lowest BCUT2D eigenvalue weighted by molar-refractivity contribution is -0.115. The van der Waals surface area contributed by atoms with Crippen LogP contribution in [0.5, 0.6) is 0 Å². The second-order valence-corrected chi connectivity index (χ2v) is 6.87. The van der Waals surface area contributed by atoms with Crippen LogP contribution in [0.25, 0.3) is 0 Å². The molecule has 1 unspecified atom stereocenters. The summed E-state index contributed by atoms with van der Waals surface area (Å²) < 4.78 is 6.81. The van der Waals surface area contributed by atoms with Crippen LogP contribution in [0.15, 0.2) is 15.7 Å². The van der Waals surface area contributed by atoms with E-state index in [9.17, 15) is 4.79 Å². The second-order valence-electron chi connectivity index (χ2n) is 5.70.